The van der Waals surface area contributed by atoms with E-state index in [1.807, 2.05) is 0 Å². The lowest BCUT2D eigenvalue weighted by Crippen LogP contribution is -2.42. The van der Waals surface area contributed by atoms with Crippen LogP contribution in [-0.4, -0.2) is 29.4 Å². The Hall–Kier alpha value is -1.76. The molecule has 1 amide bonds. The van der Waals surface area contributed by atoms with Crippen LogP contribution in [-0.2, 0) is 17.3 Å². The van der Waals surface area contributed by atoms with Crippen LogP contribution in [0.5, 0.6) is 0 Å². The van der Waals surface area contributed by atoms with Crippen molar-refractivity contribution in [1.82, 2.24) is 5.32 Å². The van der Waals surface area contributed by atoms with Crippen molar-refractivity contribution < 1.29 is 27.8 Å². The standard InChI is InChI=1S/C15H20F3NO3/c1-14(2,3)22-13(21)19-12(9-20)8-10-4-6-11(7-5-10)15(16,17)18/h4-7,12,20H,8-9H2,1-3H3,(H,19,21). The first-order chi connectivity index (χ1) is 10.0. The Bertz CT molecular complexity index is 492. The van der Waals surface area contributed by atoms with Gasteiger partial charge in [-0.15, -0.1) is 0 Å². The summed E-state index contributed by atoms with van der Waals surface area (Å²) in [5, 5.41) is 11.8. The van der Waals surface area contributed by atoms with Crippen molar-refractivity contribution in [2.24, 2.45) is 0 Å². The van der Waals surface area contributed by atoms with Gasteiger partial charge in [0.25, 0.3) is 0 Å². The predicted octanol–water partition coefficient (Wildman–Crippen LogP) is 3.13. The van der Waals surface area contributed by atoms with E-state index < -0.39 is 29.5 Å². The van der Waals surface area contributed by atoms with Crippen LogP contribution in [0.25, 0.3) is 0 Å². The van der Waals surface area contributed by atoms with Gasteiger partial charge < -0.3 is 15.2 Å². The Labute approximate surface area is 127 Å². The lowest BCUT2D eigenvalue weighted by atomic mass is 10.0. The molecule has 0 saturated carbocycles. The quantitative estimate of drug-likeness (QED) is 0.896. The molecule has 0 aliphatic rings. The van der Waals surface area contributed by atoms with Crippen LogP contribution >= 0.6 is 0 Å². The molecule has 0 aliphatic heterocycles. The van der Waals surface area contributed by atoms with Crippen LogP contribution in [0.1, 0.15) is 31.9 Å². The minimum absolute atomic E-state index is 0.202. The zero-order valence-corrected chi connectivity index (χ0v) is 12.7. The second-order valence-corrected chi connectivity index (χ2v) is 5.92. The molecule has 1 unspecified atom stereocenters. The van der Waals surface area contributed by atoms with Gasteiger partial charge in [-0.2, -0.15) is 13.2 Å². The number of hydrogen-bond donors (Lipinski definition) is 2. The van der Waals surface area contributed by atoms with Crippen molar-refractivity contribution in [1.29, 1.82) is 0 Å². The molecule has 0 fully saturated rings. The molecule has 7 heteroatoms. The van der Waals surface area contributed by atoms with Crippen molar-refractivity contribution in [3.63, 3.8) is 0 Å². The zero-order valence-electron chi connectivity index (χ0n) is 12.7. The number of alkyl carbamates (subject to hydrolysis) is 1. The van der Waals surface area contributed by atoms with E-state index in [1.165, 1.54) is 12.1 Å². The van der Waals surface area contributed by atoms with Crippen LogP contribution in [0, 0.1) is 0 Å². The number of nitrogens with one attached hydrogen (secondary N) is 1. The van der Waals surface area contributed by atoms with Gasteiger partial charge in [-0.25, -0.2) is 4.79 Å². The summed E-state index contributed by atoms with van der Waals surface area (Å²) in [6, 6.07) is 3.95. The van der Waals surface area contributed by atoms with Crippen LogP contribution in [0.4, 0.5) is 18.0 Å². The van der Waals surface area contributed by atoms with Gasteiger partial charge in [-0.1, -0.05) is 12.1 Å². The molecule has 0 aromatic heterocycles. The third-order valence-electron chi connectivity index (χ3n) is 2.70. The van der Waals surface area contributed by atoms with E-state index in [-0.39, 0.29) is 13.0 Å². The Morgan fingerprint density at radius 3 is 2.18 bits per heavy atom. The molecule has 1 aromatic rings. The smallest absolute Gasteiger partial charge is 0.416 e. The molecule has 0 spiro atoms. The molecule has 0 bridgehead atoms. The van der Waals surface area contributed by atoms with Gasteiger partial charge >= 0.3 is 12.3 Å². The van der Waals surface area contributed by atoms with Gasteiger partial charge in [0.1, 0.15) is 5.60 Å². The summed E-state index contributed by atoms with van der Waals surface area (Å²) < 4.78 is 42.5. The van der Waals surface area contributed by atoms with Crippen molar-refractivity contribution in [3.05, 3.63) is 35.4 Å². The van der Waals surface area contributed by atoms with Gasteiger partial charge in [-0.3, -0.25) is 0 Å². The van der Waals surface area contributed by atoms with Gasteiger partial charge in [-0.05, 0) is 44.9 Å². The molecule has 22 heavy (non-hydrogen) atoms. The third-order valence-corrected chi connectivity index (χ3v) is 2.70. The molecule has 2 N–H and O–H groups in total. The zero-order chi connectivity index (χ0) is 17.0. The van der Waals surface area contributed by atoms with Gasteiger partial charge in [0.05, 0.1) is 18.2 Å². The van der Waals surface area contributed by atoms with E-state index in [2.05, 4.69) is 5.32 Å². The largest absolute Gasteiger partial charge is 0.444 e. The van der Waals surface area contributed by atoms with Crippen LogP contribution in [0.2, 0.25) is 0 Å². The van der Waals surface area contributed by atoms with Gasteiger partial charge in [0, 0.05) is 0 Å². The lowest BCUT2D eigenvalue weighted by Gasteiger charge is -2.22. The molecular formula is C15H20F3NO3. The number of benzene rings is 1. The first-order valence-electron chi connectivity index (χ1n) is 6.78. The Morgan fingerprint density at radius 1 is 1.23 bits per heavy atom. The fraction of sp³-hybridized carbons (Fsp3) is 0.533. The number of amides is 1. The number of halogens is 3. The highest BCUT2D eigenvalue weighted by Gasteiger charge is 2.30. The Morgan fingerprint density at radius 2 is 1.77 bits per heavy atom. The average Bonchev–Trinajstić information content (AvgIpc) is 2.35. The number of carbonyl (C=O) groups excluding carboxylic acids is 1. The summed E-state index contributed by atoms with van der Waals surface area (Å²) >= 11 is 0. The summed E-state index contributed by atoms with van der Waals surface area (Å²) in [6.45, 7) is 4.77. The molecule has 1 rings (SSSR count). The van der Waals surface area contributed by atoms with Crippen molar-refractivity contribution in [2.45, 2.75) is 45.0 Å². The molecule has 124 valence electrons. The third kappa shape index (κ3) is 6.34. The monoisotopic (exact) mass is 319 g/mol. The lowest BCUT2D eigenvalue weighted by molar-refractivity contribution is -0.137. The number of aliphatic hydroxyl groups is 1. The second kappa shape index (κ2) is 7.00. The normalized spacial score (nSPS) is 13.6. The van der Waals surface area contributed by atoms with E-state index in [4.69, 9.17) is 4.74 Å². The van der Waals surface area contributed by atoms with Crippen LogP contribution < -0.4 is 5.32 Å². The highest BCUT2D eigenvalue weighted by Crippen LogP contribution is 2.29. The van der Waals surface area contributed by atoms with Crippen molar-refractivity contribution in [2.75, 3.05) is 6.61 Å². The first-order valence-corrected chi connectivity index (χ1v) is 6.78. The van der Waals surface area contributed by atoms with Crippen LogP contribution in [0.15, 0.2) is 24.3 Å². The summed E-state index contributed by atoms with van der Waals surface area (Å²) in [4.78, 5) is 11.6. The summed E-state index contributed by atoms with van der Waals surface area (Å²) in [7, 11) is 0. The van der Waals surface area contributed by atoms with E-state index >= 15 is 0 Å². The first kappa shape index (κ1) is 18.3. The minimum atomic E-state index is -4.39. The van der Waals surface area contributed by atoms with Crippen molar-refractivity contribution in [3.8, 4) is 0 Å². The Balaban J connectivity index is 2.65. The molecule has 0 saturated heterocycles. The maximum atomic E-state index is 12.5. The molecular weight excluding hydrogens is 299 g/mol. The number of aliphatic hydroxyl groups excluding tert-OH is 1. The summed E-state index contributed by atoms with van der Waals surface area (Å²) in [6.07, 6.45) is -4.86. The average molecular weight is 319 g/mol. The van der Waals surface area contributed by atoms with Gasteiger partial charge in [0.15, 0.2) is 0 Å². The number of ether oxygens (including phenoxy) is 1. The van der Waals surface area contributed by atoms with Crippen LogP contribution in [0.3, 0.4) is 0 Å². The molecule has 0 aliphatic carbocycles. The maximum absolute atomic E-state index is 12.5. The van der Waals surface area contributed by atoms with E-state index in [1.54, 1.807) is 20.8 Å². The van der Waals surface area contributed by atoms with E-state index in [0.29, 0.717) is 5.56 Å². The summed E-state index contributed by atoms with van der Waals surface area (Å²) in [5.41, 5.74) is -0.835. The fourth-order valence-corrected chi connectivity index (χ4v) is 1.75. The predicted molar refractivity (Wildman–Crippen MR) is 75.4 cm³/mol. The molecule has 4 nitrogen and oxygen atoms in total. The van der Waals surface area contributed by atoms with Crippen molar-refractivity contribution >= 4 is 6.09 Å². The summed E-state index contributed by atoms with van der Waals surface area (Å²) in [5.74, 6) is 0. The number of rotatable bonds is 4. The molecule has 0 heterocycles. The number of alkyl halides is 3. The number of carbonyl (C=O) groups is 1. The number of hydrogen-bond acceptors (Lipinski definition) is 3. The van der Waals surface area contributed by atoms with Gasteiger partial charge in [0.2, 0.25) is 0 Å². The van der Waals surface area contributed by atoms with E-state index in [9.17, 15) is 23.1 Å². The highest BCUT2D eigenvalue weighted by atomic mass is 19.4. The van der Waals surface area contributed by atoms with E-state index in [0.717, 1.165) is 12.1 Å². The molecule has 1 atom stereocenters. The Kier molecular flexibility index (Phi) is 5.82. The minimum Gasteiger partial charge on any atom is -0.444 e. The highest BCUT2D eigenvalue weighted by molar-refractivity contribution is 5.68. The fourth-order valence-electron chi connectivity index (χ4n) is 1.75. The second-order valence-electron chi connectivity index (χ2n) is 5.92. The SMILES string of the molecule is CC(C)(C)OC(=O)NC(CO)Cc1ccc(C(F)(F)F)cc1. The molecule has 1 aromatic carbocycles. The maximum Gasteiger partial charge on any atom is 0.416 e. The molecule has 0 radical (unpaired) electrons. The topological polar surface area (TPSA) is 58.6 Å².